The number of rotatable bonds is 6. The van der Waals surface area contributed by atoms with Crippen LogP contribution in [0.4, 0.5) is 0 Å². The summed E-state index contributed by atoms with van der Waals surface area (Å²) in [6.45, 7) is 0.448. The number of amides is 1. The topological polar surface area (TPSA) is 66.4 Å². The molecule has 2 atom stereocenters. The minimum Gasteiger partial charge on any atom is -0.481 e. The zero-order valence-corrected chi connectivity index (χ0v) is 10.1. The maximum Gasteiger partial charge on any atom is 0.303 e. The van der Waals surface area contributed by atoms with Gasteiger partial charge in [0.2, 0.25) is 5.91 Å². The van der Waals surface area contributed by atoms with E-state index in [0.717, 1.165) is 6.42 Å². The maximum absolute atomic E-state index is 11.8. The predicted octanol–water partition coefficient (Wildman–Crippen LogP) is 1.77. The lowest BCUT2D eigenvalue weighted by Gasteiger charge is -2.03. The Hall–Kier alpha value is -1.84. The first-order chi connectivity index (χ1) is 8.68. The van der Waals surface area contributed by atoms with Crippen LogP contribution in [0.1, 0.15) is 30.7 Å². The molecule has 96 valence electrons. The second kappa shape index (κ2) is 5.67. The average Bonchev–Trinajstić information content (AvgIpc) is 3.15. The van der Waals surface area contributed by atoms with E-state index in [1.165, 1.54) is 5.56 Å². The first-order valence-electron chi connectivity index (χ1n) is 6.23. The van der Waals surface area contributed by atoms with Gasteiger partial charge in [-0.3, -0.25) is 9.59 Å². The SMILES string of the molecule is O=C(O)CCCNC(=O)C1CC1c1ccccc1. The predicted molar refractivity (Wildman–Crippen MR) is 67.2 cm³/mol. The molecule has 2 rings (SSSR count). The lowest BCUT2D eigenvalue weighted by Crippen LogP contribution is -2.26. The summed E-state index contributed by atoms with van der Waals surface area (Å²) in [6.07, 6.45) is 1.49. The lowest BCUT2D eigenvalue weighted by atomic mass is 10.1. The number of aliphatic carboxylic acids is 1. The van der Waals surface area contributed by atoms with E-state index < -0.39 is 5.97 Å². The summed E-state index contributed by atoms with van der Waals surface area (Å²) in [5.74, 6) is -0.366. The monoisotopic (exact) mass is 247 g/mol. The normalized spacial score (nSPS) is 21.3. The molecule has 1 aliphatic rings. The van der Waals surface area contributed by atoms with Crippen LogP contribution in [0.2, 0.25) is 0 Å². The highest BCUT2D eigenvalue weighted by Crippen LogP contribution is 2.47. The Morgan fingerprint density at radius 3 is 2.67 bits per heavy atom. The molecule has 4 heteroatoms. The Balaban J connectivity index is 1.71. The van der Waals surface area contributed by atoms with Crippen LogP contribution in [0.3, 0.4) is 0 Å². The first kappa shape index (κ1) is 12.6. The van der Waals surface area contributed by atoms with Crippen molar-refractivity contribution in [3.05, 3.63) is 35.9 Å². The number of benzene rings is 1. The van der Waals surface area contributed by atoms with E-state index >= 15 is 0 Å². The van der Waals surface area contributed by atoms with Gasteiger partial charge in [0.15, 0.2) is 0 Å². The van der Waals surface area contributed by atoms with Gasteiger partial charge in [0.05, 0.1) is 0 Å². The smallest absolute Gasteiger partial charge is 0.303 e. The lowest BCUT2D eigenvalue weighted by molar-refractivity contribution is -0.137. The standard InChI is InChI=1S/C14H17NO3/c16-13(17)7-4-8-15-14(18)12-9-11(12)10-5-2-1-3-6-10/h1-3,5-6,11-12H,4,7-9H2,(H,15,18)(H,16,17). The molecular formula is C14H17NO3. The van der Waals surface area contributed by atoms with Gasteiger partial charge in [-0.25, -0.2) is 0 Å². The summed E-state index contributed by atoms with van der Waals surface area (Å²) >= 11 is 0. The molecule has 0 spiro atoms. The summed E-state index contributed by atoms with van der Waals surface area (Å²) in [4.78, 5) is 22.1. The van der Waals surface area contributed by atoms with Crippen LogP contribution in [0.25, 0.3) is 0 Å². The number of carboxylic acid groups (broad SMARTS) is 1. The highest BCUT2D eigenvalue weighted by Gasteiger charge is 2.43. The van der Waals surface area contributed by atoms with Gasteiger partial charge in [-0.05, 0) is 24.3 Å². The van der Waals surface area contributed by atoms with Crippen LogP contribution >= 0.6 is 0 Å². The molecule has 0 radical (unpaired) electrons. The first-order valence-corrected chi connectivity index (χ1v) is 6.23. The van der Waals surface area contributed by atoms with Crippen molar-refractivity contribution in [2.45, 2.75) is 25.2 Å². The molecule has 0 aromatic heterocycles. The third kappa shape index (κ3) is 3.32. The second-order valence-electron chi connectivity index (χ2n) is 4.65. The molecule has 1 aromatic rings. The van der Waals surface area contributed by atoms with E-state index in [0.29, 0.717) is 18.9 Å². The van der Waals surface area contributed by atoms with Crippen molar-refractivity contribution in [2.24, 2.45) is 5.92 Å². The van der Waals surface area contributed by atoms with Crippen LogP contribution < -0.4 is 5.32 Å². The third-order valence-electron chi connectivity index (χ3n) is 3.22. The summed E-state index contributed by atoms with van der Waals surface area (Å²) in [5.41, 5.74) is 1.21. The number of carboxylic acids is 1. The molecule has 18 heavy (non-hydrogen) atoms. The van der Waals surface area contributed by atoms with Gasteiger partial charge in [0.25, 0.3) is 0 Å². The molecular weight excluding hydrogens is 230 g/mol. The molecule has 0 heterocycles. The Morgan fingerprint density at radius 2 is 2.00 bits per heavy atom. The van der Waals surface area contributed by atoms with Gasteiger partial charge >= 0.3 is 5.97 Å². The number of nitrogens with one attached hydrogen (secondary N) is 1. The van der Waals surface area contributed by atoms with Gasteiger partial charge in [-0.2, -0.15) is 0 Å². The van der Waals surface area contributed by atoms with Crippen LogP contribution in [0, 0.1) is 5.92 Å². The molecule has 1 saturated carbocycles. The van der Waals surface area contributed by atoms with Gasteiger partial charge < -0.3 is 10.4 Å². The summed E-state index contributed by atoms with van der Waals surface area (Å²) in [5, 5.41) is 11.3. The van der Waals surface area contributed by atoms with Crippen molar-refractivity contribution in [1.29, 1.82) is 0 Å². The fraction of sp³-hybridized carbons (Fsp3) is 0.429. The van der Waals surface area contributed by atoms with Crippen molar-refractivity contribution < 1.29 is 14.7 Å². The van der Waals surface area contributed by atoms with Gasteiger partial charge in [-0.1, -0.05) is 30.3 Å². The van der Waals surface area contributed by atoms with Crippen LogP contribution in [-0.2, 0) is 9.59 Å². The van der Waals surface area contributed by atoms with Crippen molar-refractivity contribution in [2.75, 3.05) is 6.54 Å². The second-order valence-corrected chi connectivity index (χ2v) is 4.65. The van der Waals surface area contributed by atoms with E-state index in [4.69, 9.17) is 5.11 Å². The van der Waals surface area contributed by atoms with E-state index in [1.807, 2.05) is 30.3 Å². The number of carbonyl (C=O) groups is 2. The Morgan fingerprint density at radius 1 is 1.28 bits per heavy atom. The molecule has 1 aromatic carbocycles. The number of carbonyl (C=O) groups excluding carboxylic acids is 1. The van der Waals surface area contributed by atoms with E-state index in [2.05, 4.69) is 5.32 Å². The average molecular weight is 247 g/mol. The quantitative estimate of drug-likeness (QED) is 0.753. The van der Waals surface area contributed by atoms with Gasteiger partial charge in [0, 0.05) is 18.9 Å². The Kier molecular flexibility index (Phi) is 3.97. The number of hydrogen-bond acceptors (Lipinski definition) is 2. The molecule has 2 N–H and O–H groups in total. The minimum atomic E-state index is -0.821. The summed E-state index contributed by atoms with van der Waals surface area (Å²) < 4.78 is 0. The maximum atomic E-state index is 11.8. The van der Waals surface area contributed by atoms with E-state index in [1.54, 1.807) is 0 Å². The number of hydrogen-bond donors (Lipinski definition) is 2. The molecule has 1 aliphatic carbocycles. The molecule has 4 nitrogen and oxygen atoms in total. The van der Waals surface area contributed by atoms with Gasteiger partial charge in [0.1, 0.15) is 0 Å². The molecule has 2 unspecified atom stereocenters. The van der Waals surface area contributed by atoms with Crippen LogP contribution in [0.5, 0.6) is 0 Å². The largest absolute Gasteiger partial charge is 0.481 e. The fourth-order valence-corrected chi connectivity index (χ4v) is 2.14. The summed E-state index contributed by atoms with van der Waals surface area (Å²) in [6, 6.07) is 10.0. The zero-order chi connectivity index (χ0) is 13.0. The molecule has 0 saturated heterocycles. The third-order valence-corrected chi connectivity index (χ3v) is 3.22. The van der Waals surface area contributed by atoms with Crippen molar-refractivity contribution >= 4 is 11.9 Å². The minimum absolute atomic E-state index is 0.0502. The van der Waals surface area contributed by atoms with Crippen molar-refractivity contribution in [3.8, 4) is 0 Å². The van der Waals surface area contributed by atoms with Gasteiger partial charge in [-0.15, -0.1) is 0 Å². The van der Waals surface area contributed by atoms with E-state index in [-0.39, 0.29) is 18.2 Å². The van der Waals surface area contributed by atoms with Crippen LogP contribution in [-0.4, -0.2) is 23.5 Å². The Bertz CT molecular complexity index is 430. The molecule has 1 amide bonds. The molecule has 0 bridgehead atoms. The fourth-order valence-electron chi connectivity index (χ4n) is 2.14. The highest BCUT2D eigenvalue weighted by molar-refractivity contribution is 5.82. The van der Waals surface area contributed by atoms with Crippen molar-refractivity contribution in [3.63, 3.8) is 0 Å². The highest BCUT2D eigenvalue weighted by atomic mass is 16.4. The zero-order valence-electron chi connectivity index (χ0n) is 10.1. The molecule has 0 aliphatic heterocycles. The Labute approximate surface area is 106 Å². The molecule has 1 fully saturated rings. The van der Waals surface area contributed by atoms with Crippen LogP contribution in [0.15, 0.2) is 30.3 Å². The van der Waals surface area contributed by atoms with Crippen molar-refractivity contribution in [1.82, 2.24) is 5.32 Å². The van der Waals surface area contributed by atoms with E-state index in [9.17, 15) is 9.59 Å². The summed E-state index contributed by atoms with van der Waals surface area (Å²) in [7, 11) is 0.